The van der Waals surface area contributed by atoms with Crippen LogP contribution in [0.3, 0.4) is 0 Å². The van der Waals surface area contributed by atoms with E-state index in [9.17, 15) is 14.4 Å². The van der Waals surface area contributed by atoms with Gasteiger partial charge in [0.15, 0.2) is 9.74 Å². The molecule has 7 heterocycles. The number of amides is 2. The molecule has 10 nitrogen and oxygen atoms in total. The summed E-state index contributed by atoms with van der Waals surface area (Å²) in [6.45, 7) is 7.49. The molecule has 0 N–H and O–H groups in total. The number of carbonyl (C=O) groups is 3. The molecule has 0 saturated carbocycles. The minimum Gasteiger partial charge on any atom is -0.455 e. The molecule has 0 aromatic heterocycles. The minimum atomic E-state index is -1.03. The van der Waals surface area contributed by atoms with Crippen molar-refractivity contribution in [3.05, 3.63) is 23.3 Å². The van der Waals surface area contributed by atoms with Crippen molar-refractivity contribution in [1.82, 2.24) is 9.80 Å². The minimum absolute atomic E-state index is 0.0419. The summed E-state index contributed by atoms with van der Waals surface area (Å²) >= 11 is 0. The van der Waals surface area contributed by atoms with Crippen LogP contribution in [-0.2, 0) is 38.4 Å². The van der Waals surface area contributed by atoms with Gasteiger partial charge in [0.2, 0.25) is 0 Å². The van der Waals surface area contributed by atoms with Gasteiger partial charge in [-0.2, -0.15) is 0 Å². The van der Waals surface area contributed by atoms with Gasteiger partial charge in [-0.3, -0.25) is 14.4 Å². The highest BCUT2D eigenvalue weighted by Crippen LogP contribution is 2.71. The number of esters is 1. The zero-order chi connectivity index (χ0) is 26.4. The Hall–Kier alpha value is -1.57. The number of ether oxygens (including phenoxy) is 3. The summed E-state index contributed by atoms with van der Waals surface area (Å²) in [7, 11) is 3.00. The van der Waals surface area contributed by atoms with Crippen molar-refractivity contribution in [2.24, 2.45) is 0 Å². The summed E-state index contributed by atoms with van der Waals surface area (Å²) in [4.78, 5) is 53.6. The van der Waals surface area contributed by atoms with Gasteiger partial charge in [0.1, 0.15) is 36.6 Å². The molecule has 7 saturated heterocycles. The molecule has 12 heteroatoms. The quantitative estimate of drug-likeness (QED) is 0.119. The molecule has 2 amide bonds. The van der Waals surface area contributed by atoms with E-state index in [0.717, 1.165) is 24.0 Å². The van der Waals surface area contributed by atoms with Crippen molar-refractivity contribution in [3.8, 4) is 0 Å². The Morgan fingerprint density at radius 1 is 0.974 bits per heavy atom. The SMILES string of the molecule is CCCC(C)(C)OO[C@H]1C=C2C[C@@]34SS[C@]5(CC6=C[C@H](OC(C)=O)C7O[C@@H]7[C@H]6N5C3=O)C(=O)N4[C@@H]2[C@H]2OC12. The third kappa shape index (κ3) is 2.99. The van der Waals surface area contributed by atoms with E-state index in [4.69, 9.17) is 24.0 Å². The van der Waals surface area contributed by atoms with Gasteiger partial charge in [-0.05, 0) is 43.6 Å². The van der Waals surface area contributed by atoms with E-state index in [1.54, 1.807) is 4.90 Å². The summed E-state index contributed by atoms with van der Waals surface area (Å²) < 4.78 is 17.5. The number of piperazine rings is 1. The van der Waals surface area contributed by atoms with Crippen LogP contribution in [0.25, 0.3) is 0 Å². The highest BCUT2D eigenvalue weighted by Gasteiger charge is 2.80. The van der Waals surface area contributed by atoms with Gasteiger partial charge in [-0.15, -0.1) is 0 Å². The molecule has 2 bridgehead atoms. The molecule has 204 valence electrons. The average molecular weight is 563 g/mol. The maximum Gasteiger partial charge on any atom is 0.303 e. The third-order valence-corrected chi connectivity index (χ3v) is 12.7. The summed E-state index contributed by atoms with van der Waals surface area (Å²) in [6.07, 6.45) is 4.82. The Bertz CT molecular complexity index is 1240. The number of rotatable bonds is 6. The molecule has 10 atom stereocenters. The van der Waals surface area contributed by atoms with E-state index in [-0.39, 0.29) is 60.4 Å². The topological polar surface area (TPSA) is 110 Å². The van der Waals surface area contributed by atoms with Crippen molar-refractivity contribution < 1.29 is 38.4 Å². The molecule has 7 aliphatic heterocycles. The zero-order valence-electron chi connectivity index (χ0n) is 21.6. The Kier molecular flexibility index (Phi) is 4.84. The van der Waals surface area contributed by atoms with E-state index in [0.29, 0.717) is 12.8 Å². The molecular weight excluding hydrogens is 532 g/mol. The van der Waals surface area contributed by atoms with E-state index >= 15 is 0 Å². The highest BCUT2D eigenvalue weighted by molar-refractivity contribution is 8.78. The highest BCUT2D eigenvalue weighted by atomic mass is 33.1. The first-order valence-electron chi connectivity index (χ1n) is 13.4. The molecule has 2 unspecified atom stereocenters. The largest absolute Gasteiger partial charge is 0.455 e. The number of nitrogens with zero attached hydrogens (tertiary/aromatic N) is 2. The summed E-state index contributed by atoms with van der Waals surface area (Å²) in [5.41, 5.74) is 1.54. The van der Waals surface area contributed by atoms with E-state index in [1.165, 1.54) is 28.5 Å². The zero-order valence-corrected chi connectivity index (χ0v) is 23.2. The Morgan fingerprint density at radius 2 is 1.50 bits per heavy atom. The second-order valence-corrected chi connectivity index (χ2v) is 14.9. The first-order chi connectivity index (χ1) is 18.1. The van der Waals surface area contributed by atoms with E-state index < -0.39 is 21.4 Å². The number of hydrogen-bond acceptors (Lipinski definition) is 10. The second kappa shape index (κ2) is 7.58. The summed E-state index contributed by atoms with van der Waals surface area (Å²) in [5, 5.41) is 0. The number of epoxide rings is 2. The van der Waals surface area contributed by atoms with Crippen LogP contribution in [-0.4, -0.2) is 91.6 Å². The van der Waals surface area contributed by atoms with Crippen molar-refractivity contribution in [3.63, 3.8) is 0 Å². The first-order valence-corrected chi connectivity index (χ1v) is 15.5. The van der Waals surface area contributed by atoms with Gasteiger partial charge in [-0.25, -0.2) is 9.78 Å². The van der Waals surface area contributed by atoms with Crippen LogP contribution < -0.4 is 0 Å². The molecular formula is C26H30N2O8S2. The molecule has 2 aliphatic carbocycles. The third-order valence-electron chi connectivity index (χ3n) is 9.09. The fraction of sp³-hybridized carbons (Fsp3) is 0.731. The molecule has 9 aliphatic rings. The van der Waals surface area contributed by atoms with Crippen molar-refractivity contribution in [2.75, 3.05) is 0 Å². The van der Waals surface area contributed by atoms with Crippen LogP contribution in [0.15, 0.2) is 23.3 Å². The molecule has 7 fully saturated rings. The lowest BCUT2D eigenvalue weighted by Crippen LogP contribution is -2.76. The van der Waals surface area contributed by atoms with Gasteiger partial charge < -0.3 is 24.0 Å². The van der Waals surface area contributed by atoms with Crippen molar-refractivity contribution in [1.29, 1.82) is 0 Å². The van der Waals surface area contributed by atoms with E-state index in [2.05, 4.69) is 6.92 Å². The standard InChI is InChI=1S/C26H30N2O8S2/c1-5-6-24(3,4)36-35-15-8-13-10-26-23(31)27-16-12(7-14(32-11(2)29)18-20(16)33-18)9-25(27,37-38-26)22(30)28(26)17(13)21-19(15)34-21/h7-8,14-21H,5-6,9-10H2,1-4H3/t14-,15-,16-,17-,18?,19?,20+,21+,25+,26+/m0/s1. The Balaban J connectivity index is 1.11. The smallest absolute Gasteiger partial charge is 0.303 e. The average Bonchev–Trinajstić information content (AvgIpc) is 3.76. The molecule has 9 rings (SSSR count). The van der Waals surface area contributed by atoms with Gasteiger partial charge in [0.05, 0.1) is 17.7 Å². The van der Waals surface area contributed by atoms with Gasteiger partial charge in [-0.1, -0.05) is 34.9 Å². The fourth-order valence-corrected chi connectivity index (χ4v) is 11.2. The Labute approximate surface area is 228 Å². The first kappa shape index (κ1) is 24.2. The molecule has 0 radical (unpaired) electrons. The molecule has 0 aromatic carbocycles. The van der Waals surface area contributed by atoms with Crippen molar-refractivity contribution >= 4 is 39.4 Å². The monoisotopic (exact) mass is 562 g/mol. The number of carbonyl (C=O) groups excluding carboxylic acids is 3. The van der Waals surface area contributed by atoms with Gasteiger partial charge in [0.25, 0.3) is 11.8 Å². The number of fused-ring (bicyclic) bond motifs is 7. The fourth-order valence-electron chi connectivity index (χ4n) is 7.53. The van der Waals surface area contributed by atoms with Crippen LogP contribution in [0.1, 0.15) is 53.4 Å². The molecule has 0 aromatic rings. The van der Waals surface area contributed by atoms with Crippen molar-refractivity contribution in [2.45, 2.75) is 117 Å². The normalized spacial score (nSPS) is 46.8. The van der Waals surface area contributed by atoms with Crippen LogP contribution in [0, 0.1) is 0 Å². The summed E-state index contributed by atoms with van der Waals surface area (Å²) in [5.74, 6) is -0.456. The van der Waals surface area contributed by atoms with Crippen LogP contribution in [0.4, 0.5) is 0 Å². The van der Waals surface area contributed by atoms with Crippen LogP contribution in [0.5, 0.6) is 0 Å². The number of hydrogen-bond donors (Lipinski definition) is 0. The second-order valence-electron chi connectivity index (χ2n) is 12.2. The maximum absolute atomic E-state index is 14.4. The van der Waals surface area contributed by atoms with Crippen LogP contribution in [0.2, 0.25) is 0 Å². The maximum atomic E-state index is 14.4. The van der Waals surface area contributed by atoms with Gasteiger partial charge in [0, 0.05) is 19.8 Å². The summed E-state index contributed by atoms with van der Waals surface area (Å²) in [6, 6.07) is -0.579. The molecule has 38 heavy (non-hydrogen) atoms. The lowest BCUT2D eigenvalue weighted by atomic mass is 9.91. The Morgan fingerprint density at radius 3 is 2.03 bits per heavy atom. The van der Waals surface area contributed by atoms with Crippen LogP contribution >= 0.6 is 21.6 Å². The lowest BCUT2D eigenvalue weighted by Gasteiger charge is -2.58. The van der Waals surface area contributed by atoms with Gasteiger partial charge >= 0.3 is 5.97 Å². The predicted octanol–water partition coefficient (Wildman–Crippen LogP) is 2.23. The molecule has 2 spiro atoms. The predicted molar refractivity (Wildman–Crippen MR) is 135 cm³/mol. The lowest BCUT2D eigenvalue weighted by molar-refractivity contribution is -0.372. The van der Waals surface area contributed by atoms with E-state index in [1.807, 2.05) is 30.9 Å².